The molecule has 19 heteroatoms. The van der Waals surface area contributed by atoms with E-state index in [-0.39, 0.29) is 53.8 Å². The number of fused-ring (bicyclic) bond motifs is 7. The van der Waals surface area contributed by atoms with E-state index in [1.54, 1.807) is 0 Å². The SMILES string of the molecule is C[C@H](CCC1(O)O[C@H]2C[C@H]3[C@@H]4CC[C@H]5C[C@@H](O[C@@H]6O[C@H](CO)[C@@H](O[C@@H]7OC[C@@H](O)[C@H](O)[C@H]7O)[C@H](O)[C@H]6O)[C@H](O)C[C@]5(C)[C@H]4CC[C@]3(C)[C@H]2[C@@H]1C)CO[C@@H]1O[C@H](CO)[C@@H](O)[C@H](O)[C@H]1O. The molecule has 0 amide bonds. The standard InChI is InChI=1S/C44H74O19/c1-18(16-57-39-36(54)33(51)32(50)28(14-45)60-39)7-10-44(56)19(2)30-27(63-44)12-23-21-6-5-20-11-26(24(47)13-43(20,4)22(21)8-9-42(23,30)3)59-41-37(55)34(52)38(29(15-46)61-41)62-40-35(53)31(49)25(48)17-58-40/h18-41,45-56H,5-17H2,1-4H3/t18-,19+,20+,21-,22+,23+,24-,25-,26-,27+,28-,29-,30+,31+,32-,33+,34-,35-,36-,37-,38-,39-,40+,41-,42+,43+,44?/m1/s1. The van der Waals surface area contributed by atoms with Gasteiger partial charge >= 0.3 is 0 Å². The molecule has 0 radical (unpaired) electrons. The summed E-state index contributed by atoms with van der Waals surface area (Å²) in [6, 6.07) is 0. The lowest BCUT2D eigenvalue weighted by molar-refractivity contribution is -0.358. The van der Waals surface area contributed by atoms with E-state index in [0.29, 0.717) is 43.4 Å². The number of ether oxygens (including phenoxy) is 7. The van der Waals surface area contributed by atoms with Gasteiger partial charge < -0.3 is 94.4 Å². The van der Waals surface area contributed by atoms with Crippen LogP contribution in [0.25, 0.3) is 0 Å². The van der Waals surface area contributed by atoms with Gasteiger partial charge in [0.1, 0.15) is 67.1 Å². The van der Waals surface area contributed by atoms with E-state index in [1.165, 1.54) is 0 Å². The molecule has 0 aromatic rings. The highest BCUT2D eigenvalue weighted by molar-refractivity contribution is 5.15. The summed E-state index contributed by atoms with van der Waals surface area (Å²) < 4.78 is 41.1. The topological polar surface area (TPSA) is 307 Å². The molecule has 12 N–H and O–H groups in total. The van der Waals surface area contributed by atoms with Gasteiger partial charge in [-0.2, -0.15) is 0 Å². The second kappa shape index (κ2) is 18.6. The van der Waals surface area contributed by atoms with E-state index in [9.17, 15) is 61.3 Å². The van der Waals surface area contributed by atoms with Crippen LogP contribution in [0.2, 0.25) is 0 Å². The number of rotatable bonds is 12. The van der Waals surface area contributed by atoms with Gasteiger partial charge in [0.15, 0.2) is 24.7 Å². The van der Waals surface area contributed by atoms with Crippen molar-refractivity contribution >= 4 is 0 Å². The van der Waals surface area contributed by atoms with Crippen molar-refractivity contribution in [3.05, 3.63) is 0 Å². The first-order valence-electron chi connectivity index (χ1n) is 23.4. The second-order valence-corrected chi connectivity index (χ2v) is 21.2. The Morgan fingerprint density at radius 2 is 1.38 bits per heavy atom. The molecular weight excluding hydrogens is 832 g/mol. The average molecular weight is 907 g/mol. The molecule has 4 aliphatic heterocycles. The highest BCUT2D eigenvalue weighted by Gasteiger charge is 2.69. The summed E-state index contributed by atoms with van der Waals surface area (Å²) in [6.07, 6.45) is -15.0. The van der Waals surface area contributed by atoms with Crippen LogP contribution >= 0.6 is 0 Å². The van der Waals surface area contributed by atoms with Crippen LogP contribution in [0, 0.1) is 52.3 Å². The van der Waals surface area contributed by atoms with E-state index < -0.39 is 117 Å². The summed E-state index contributed by atoms with van der Waals surface area (Å²) in [4.78, 5) is 0. The van der Waals surface area contributed by atoms with Crippen LogP contribution in [0.1, 0.15) is 85.5 Å². The molecule has 1 unspecified atom stereocenters. The molecule has 8 fully saturated rings. The van der Waals surface area contributed by atoms with Gasteiger partial charge in [-0.15, -0.1) is 0 Å². The number of aliphatic hydroxyl groups is 12. The monoisotopic (exact) mass is 906 g/mol. The van der Waals surface area contributed by atoms with Gasteiger partial charge in [-0.1, -0.05) is 27.7 Å². The van der Waals surface area contributed by atoms with Crippen LogP contribution in [0.15, 0.2) is 0 Å². The third-order valence-electron chi connectivity index (χ3n) is 17.6. The third kappa shape index (κ3) is 8.58. The van der Waals surface area contributed by atoms with Crippen molar-refractivity contribution in [1.82, 2.24) is 0 Å². The molecule has 4 heterocycles. The van der Waals surface area contributed by atoms with Crippen molar-refractivity contribution in [2.75, 3.05) is 26.4 Å². The Bertz CT molecular complexity index is 1540. The first kappa shape index (κ1) is 48.7. The van der Waals surface area contributed by atoms with E-state index in [4.69, 9.17) is 33.2 Å². The van der Waals surface area contributed by atoms with Gasteiger partial charge in [-0.3, -0.25) is 0 Å². The lowest BCUT2D eigenvalue weighted by Gasteiger charge is -2.62. The maximum absolute atomic E-state index is 12.0. The van der Waals surface area contributed by atoms with E-state index >= 15 is 0 Å². The molecular formula is C44H74O19. The molecule has 0 bridgehead atoms. The average Bonchev–Trinajstić information content (AvgIpc) is 3.69. The van der Waals surface area contributed by atoms with E-state index in [1.807, 2.05) is 6.92 Å². The van der Waals surface area contributed by atoms with Gasteiger partial charge in [0.25, 0.3) is 0 Å². The minimum absolute atomic E-state index is 0.0436. The molecule has 8 rings (SSSR count). The molecule has 8 aliphatic rings. The van der Waals surface area contributed by atoms with Crippen molar-refractivity contribution in [1.29, 1.82) is 0 Å². The highest BCUT2D eigenvalue weighted by Crippen LogP contribution is 2.71. The predicted molar refractivity (Wildman–Crippen MR) is 214 cm³/mol. The third-order valence-corrected chi connectivity index (χ3v) is 17.6. The van der Waals surface area contributed by atoms with Crippen molar-refractivity contribution in [2.24, 2.45) is 52.3 Å². The summed E-state index contributed by atoms with van der Waals surface area (Å²) in [5.74, 6) is 0.0396. The fourth-order valence-corrected chi connectivity index (χ4v) is 13.9. The van der Waals surface area contributed by atoms with Crippen molar-refractivity contribution in [2.45, 2.75) is 196 Å². The van der Waals surface area contributed by atoms with Crippen LogP contribution in [0.4, 0.5) is 0 Å². The Kier molecular flexibility index (Phi) is 14.4. The molecule has 4 saturated carbocycles. The van der Waals surface area contributed by atoms with Crippen LogP contribution < -0.4 is 0 Å². The maximum Gasteiger partial charge on any atom is 0.187 e. The summed E-state index contributed by atoms with van der Waals surface area (Å²) in [5, 5.41) is 127. The first-order chi connectivity index (χ1) is 29.8. The van der Waals surface area contributed by atoms with E-state index in [0.717, 1.165) is 32.1 Å². The van der Waals surface area contributed by atoms with Crippen molar-refractivity contribution < 1.29 is 94.4 Å². The number of hydrogen-bond acceptors (Lipinski definition) is 19. The maximum atomic E-state index is 12.0. The molecule has 19 nitrogen and oxygen atoms in total. The molecule has 27 atom stereocenters. The van der Waals surface area contributed by atoms with Crippen LogP contribution in [-0.4, -0.2) is 198 Å². The summed E-state index contributed by atoms with van der Waals surface area (Å²) in [5.41, 5.74) is -0.225. The lowest BCUT2D eigenvalue weighted by atomic mass is 9.44. The second-order valence-electron chi connectivity index (χ2n) is 21.2. The Hall–Kier alpha value is -0.760. The Balaban J connectivity index is 0.851. The Morgan fingerprint density at radius 3 is 2.10 bits per heavy atom. The molecule has 4 aliphatic carbocycles. The number of hydrogen-bond donors (Lipinski definition) is 12. The fraction of sp³-hybridized carbons (Fsp3) is 1.00. The van der Waals surface area contributed by atoms with Crippen LogP contribution in [-0.2, 0) is 33.2 Å². The Labute approximate surface area is 368 Å². The van der Waals surface area contributed by atoms with Gasteiger partial charge in [0.2, 0.25) is 0 Å². The normalized spacial score (nSPS) is 56.3. The summed E-state index contributed by atoms with van der Waals surface area (Å²) in [7, 11) is 0. The number of aliphatic hydroxyl groups excluding tert-OH is 11. The zero-order valence-corrected chi connectivity index (χ0v) is 36.8. The smallest absolute Gasteiger partial charge is 0.187 e. The summed E-state index contributed by atoms with van der Waals surface area (Å²) in [6.45, 7) is 7.37. The van der Waals surface area contributed by atoms with Gasteiger partial charge in [0.05, 0.1) is 44.7 Å². The predicted octanol–water partition coefficient (Wildman–Crippen LogP) is -2.17. The van der Waals surface area contributed by atoms with Gasteiger partial charge in [-0.05, 0) is 97.7 Å². The molecule has 63 heavy (non-hydrogen) atoms. The van der Waals surface area contributed by atoms with Crippen molar-refractivity contribution in [3.8, 4) is 0 Å². The van der Waals surface area contributed by atoms with Gasteiger partial charge in [0, 0.05) is 12.3 Å². The van der Waals surface area contributed by atoms with Crippen LogP contribution in [0.3, 0.4) is 0 Å². The lowest BCUT2D eigenvalue weighted by Crippen LogP contribution is -2.64. The molecule has 4 saturated heterocycles. The zero-order valence-electron chi connectivity index (χ0n) is 36.8. The molecule has 0 aromatic carbocycles. The fourth-order valence-electron chi connectivity index (χ4n) is 13.9. The highest BCUT2D eigenvalue weighted by atomic mass is 16.7. The van der Waals surface area contributed by atoms with Gasteiger partial charge in [-0.25, -0.2) is 0 Å². The quantitative estimate of drug-likeness (QED) is 0.0928. The van der Waals surface area contributed by atoms with Crippen molar-refractivity contribution in [3.63, 3.8) is 0 Å². The zero-order chi connectivity index (χ0) is 45.5. The van der Waals surface area contributed by atoms with Crippen LogP contribution in [0.5, 0.6) is 0 Å². The Morgan fingerprint density at radius 1 is 0.698 bits per heavy atom. The largest absolute Gasteiger partial charge is 0.394 e. The first-order valence-corrected chi connectivity index (χ1v) is 23.4. The minimum atomic E-state index is -1.66. The summed E-state index contributed by atoms with van der Waals surface area (Å²) >= 11 is 0. The molecule has 364 valence electrons. The minimum Gasteiger partial charge on any atom is -0.394 e. The van der Waals surface area contributed by atoms with E-state index in [2.05, 4.69) is 20.8 Å². The molecule has 0 spiro atoms. The molecule has 0 aromatic heterocycles.